The molecule has 1 aliphatic rings. The summed E-state index contributed by atoms with van der Waals surface area (Å²) in [4.78, 5) is 11.4. The van der Waals surface area contributed by atoms with Crippen molar-refractivity contribution in [3.8, 4) is 5.75 Å². The van der Waals surface area contributed by atoms with E-state index in [4.69, 9.17) is 4.74 Å². The number of alkyl halides is 2. The summed E-state index contributed by atoms with van der Waals surface area (Å²) in [5.41, 5.74) is 1.49. The molecule has 25 heavy (non-hydrogen) atoms. The number of benzene rings is 1. The van der Waals surface area contributed by atoms with Crippen molar-refractivity contribution in [2.24, 2.45) is 11.8 Å². The van der Waals surface area contributed by atoms with Crippen molar-refractivity contribution in [3.63, 3.8) is 0 Å². The van der Waals surface area contributed by atoms with E-state index < -0.39 is 11.8 Å². The zero-order chi connectivity index (χ0) is 18.4. The molecule has 0 atom stereocenters. The molecule has 0 aromatic heterocycles. The molecule has 1 aromatic carbocycles. The van der Waals surface area contributed by atoms with Crippen LogP contribution in [0.3, 0.4) is 0 Å². The highest BCUT2D eigenvalue weighted by molar-refractivity contribution is 5.99. The van der Waals surface area contributed by atoms with Crippen LogP contribution < -0.4 is 10.1 Å². The summed E-state index contributed by atoms with van der Waals surface area (Å²) in [5.74, 6) is -2.39. The standard InChI is InChI=1S/C20H25F2NO2/c1-4-19(24)23-17-11-12-18(25-3)15(13-17)8-5-14-6-9-16(10-7-14)20(2,21)22/h4-5,8,11-14,16H,1,6-7,9-10H2,2-3H3,(H,23,24)/b8-5+. The number of halogens is 2. The first kappa shape index (κ1) is 19.2. The first-order valence-electron chi connectivity index (χ1n) is 8.51. The van der Waals surface area contributed by atoms with Gasteiger partial charge in [-0.05, 0) is 62.8 Å². The lowest BCUT2D eigenvalue weighted by atomic mass is 9.79. The quantitative estimate of drug-likeness (QED) is 0.708. The predicted octanol–water partition coefficient (Wildman–Crippen LogP) is 5.29. The lowest BCUT2D eigenvalue weighted by Crippen LogP contribution is -2.28. The highest BCUT2D eigenvalue weighted by Gasteiger charge is 2.36. The molecular weight excluding hydrogens is 324 g/mol. The van der Waals surface area contributed by atoms with E-state index in [0.717, 1.165) is 25.3 Å². The Labute approximate surface area is 147 Å². The molecule has 1 amide bonds. The molecule has 0 spiro atoms. The fraction of sp³-hybridized carbons (Fsp3) is 0.450. The van der Waals surface area contributed by atoms with E-state index in [9.17, 15) is 13.6 Å². The third-order valence-corrected chi connectivity index (χ3v) is 4.72. The van der Waals surface area contributed by atoms with Gasteiger partial charge < -0.3 is 10.1 Å². The molecule has 0 unspecified atom stereocenters. The summed E-state index contributed by atoms with van der Waals surface area (Å²) < 4.78 is 32.1. The fourth-order valence-electron chi connectivity index (χ4n) is 3.19. The van der Waals surface area contributed by atoms with Crippen LogP contribution in [0.5, 0.6) is 5.75 Å². The van der Waals surface area contributed by atoms with Crippen molar-refractivity contribution in [2.45, 2.75) is 38.5 Å². The van der Waals surface area contributed by atoms with Crippen molar-refractivity contribution in [3.05, 3.63) is 42.5 Å². The average Bonchev–Trinajstić information content (AvgIpc) is 2.59. The SMILES string of the molecule is C=CC(=O)Nc1ccc(OC)c(/C=C/C2CCC(C(C)(F)F)CC2)c1. The van der Waals surface area contributed by atoms with Gasteiger partial charge in [0.05, 0.1) is 7.11 Å². The molecule has 2 rings (SSSR count). The van der Waals surface area contributed by atoms with Gasteiger partial charge in [0.25, 0.3) is 0 Å². The first-order chi connectivity index (χ1) is 11.8. The number of hydrogen-bond acceptors (Lipinski definition) is 2. The second-order valence-corrected chi connectivity index (χ2v) is 6.58. The average molecular weight is 349 g/mol. The van der Waals surface area contributed by atoms with Crippen LogP contribution in [0.25, 0.3) is 6.08 Å². The van der Waals surface area contributed by atoms with E-state index in [0.29, 0.717) is 24.3 Å². The summed E-state index contributed by atoms with van der Waals surface area (Å²) in [6.07, 6.45) is 7.83. The maximum atomic E-state index is 13.4. The van der Waals surface area contributed by atoms with E-state index in [1.165, 1.54) is 6.08 Å². The minimum atomic E-state index is -2.59. The number of nitrogens with one attached hydrogen (secondary N) is 1. The van der Waals surface area contributed by atoms with Crippen molar-refractivity contribution in [1.29, 1.82) is 0 Å². The zero-order valence-electron chi connectivity index (χ0n) is 14.7. The first-order valence-corrected chi connectivity index (χ1v) is 8.51. The van der Waals surface area contributed by atoms with Gasteiger partial charge in [-0.1, -0.05) is 18.7 Å². The van der Waals surface area contributed by atoms with E-state index >= 15 is 0 Å². The number of hydrogen-bond donors (Lipinski definition) is 1. The molecule has 1 N–H and O–H groups in total. The summed E-state index contributed by atoms with van der Waals surface area (Å²) in [7, 11) is 1.59. The summed E-state index contributed by atoms with van der Waals surface area (Å²) >= 11 is 0. The Morgan fingerprint density at radius 2 is 2.00 bits per heavy atom. The molecule has 0 saturated heterocycles. The molecule has 5 heteroatoms. The zero-order valence-corrected chi connectivity index (χ0v) is 14.7. The Hall–Kier alpha value is -2.17. The lowest BCUT2D eigenvalue weighted by Gasteiger charge is -2.30. The fourth-order valence-corrected chi connectivity index (χ4v) is 3.19. The van der Waals surface area contributed by atoms with E-state index in [2.05, 4.69) is 18.0 Å². The molecule has 0 heterocycles. The van der Waals surface area contributed by atoms with Gasteiger partial charge in [0.2, 0.25) is 11.8 Å². The minimum absolute atomic E-state index is 0.279. The molecule has 0 radical (unpaired) electrons. The van der Waals surface area contributed by atoms with Crippen LogP contribution in [0.4, 0.5) is 14.5 Å². The van der Waals surface area contributed by atoms with Gasteiger partial charge in [-0.15, -0.1) is 0 Å². The van der Waals surface area contributed by atoms with Crippen molar-refractivity contribution in [1.82, 2.24) is 0 Å². The third kappa shape index (κ3) is 5.41. The van der Waals surface area contributed by atoms with E-state index in [1.807, 2.05) is 12.1 Å². The Morgan fingerprint density at radius 1 is 1.32 bits per heavy atom. The smallest absolute Gasteiger partial charge is 0.248 e. The highest BCUT2D eigenvalue weighted by atomic mass is 19.3. The van der Waals surface area contributed by atoms with E-state index in [1.54, 1.807) is 19.2 Å². The molecule has 0 aliphatic heterocycles. The van der Waals surface area contributed by atoms with Crippen LogP contribution in [0.2, 0.25) is 0 Å². The second-order valence-electron chi connectivity index (χ2n) is 6.58. The van der Waals surface area contributed by atoms with Gasteiger partial charge in [-0.25, -0.2) is 8.78 Å². The number of amides is 1. The molecule has 0 bridgehead atoms. The van der Waals surface area contributed by atoms with Gasteiger partial charge in [-0.3, -0.25) is 4.79 Å². The number of carbonyl (C=O) groups excluding carboxylic acids is 1. The third-order valence-electron chi connectivity index (χ3n) is 4.72. The maximum Gasteiger partial charge on any atom is 0.248 e. The summed E-state index contributed by atoms with van der Waals surface area (Å²) in [6, 6.07) is 5.36. The van der Waals surface area contributed by atoms with Gasteiger partial charge >= 0.3 is 0 Å². The van der Waals surface area contributed by atoms with Crippen LogP contribution in [-0.2, 0) is 4.79 Å². The Balaban J connectivity index is 2.05. The van der Waals surface area contributed by atoms with Crippen LogP contribution in [0, 0.1) is 11.8 Å². The maximum absolute atomic E-state index is 13.4. The van der Waals surface area contributed by atoms with Gasteiger partial charge in [-0.2, -0.15) is 0 Å². The summed E-state index contributed by atoms with van der Waals surface area (Å²) in [6.45, 7) is 4.45. The largest absolute Gasteiger partial charge is 0.496 e. The van der Waals surface area contributed by atoms with Gasteiger partial charge in [0, 0.05) is 17.2 Å². The summed E-state index contributed by atoms with van der Waals surface area (Å²) in [5, 5.41) is 2.71. The minimum Gasteiger partial charge on any atom is -0.496 e. The number of rotatable bonds is 6. The molecular formula is C20H25F2NO2. The Bertz CT molecular complexity index is 642. The molecule has 1 aromatic rings. The van der Waals surface area contributed by atoms with Crippen LogP contribution >= 0.6 is 0 Å². The highest BCUT2D eigenvalue weighted by Crippen LogP contribution is 2.39. The second kappa shape index (κ2) is 8.28. The molecule has 1 fully saturated rings. The lowest BCUT2D eigenvalue weighted by molar-refractivity contribution is -0.111. The van der Waals surface area contributed by atoms with Crippen molar-refractivity contribution in [2.75, 3.05) is 12.4 Å². The van der Waals surface area contributed by atoms with Crippen molar-refractivity contribution < 1.29 is 18.3 Å². The number of ether oxygens (including phenoxy) is 1. The topological polar surface area (TPSA) is 38.3 Å². The monoisotopic (exact) mass is 349 g/mol. The van der Waals surface area contributed by atoms with Gasteiger partial charge in [0.15, 0.2) is 0 Å². The number of carbonyl (C=O) groups is 1. The number of anilines is 1. The van der Waals surface area contributed by atoms with E-state index in [-0.39, 0.29) is 11.8 Å². The van der Waals surface area contributed by atoms with Crippen molar-refractivity contribution >= 4 is 17.7 Å². The van der Waals surface area contributed by atoms with Crippen LogP contribution in [0.15, 0.2) is 36.9 Å². The molecule has 136 valence electrons. The normalized spacial score (nSPS) is 21.1. The Kier molecular flexibility index (Phi) is 6.34. The van der Waals surface area contributed by atoms with Crippen LogP contribution in [0.1, 0.15) is 38.2 Å². The molecule has 3 nitrogen and oxygen atoms in total. The van der Waals surface area contributed by atoms with Gasteiger partial charge in [0.1, 0.15) is 5.75 Å². The molecule has 1 saturated carbocycles. The molecule has 1 aliphatic carbocycles. The predicted molar refractivity (Wildman–Crippen MR) is 96.9 cm³/mol. The number of methoxy groups -OCH3 is 1. The number of allylic oxidation sites excluding steroid dienone is 1. The Morgan fingerprint density at radius 3 is 2.56 bits per heavy atom. The van der Waals surface area contributed by atoms with Crippen LogP contribution in [-0.4, -0.2) is 18.9 Å².